The average Bonchev–Trinajstić information content (AvgIpc) is 2.95. The van der Waals surface area contributed by atoms with Crippen molar-refractivity contribution in [2.45, 2.75) is 6.92 Å². The van der Waals surface area contributed by atoms with Crippen LogP contribution in [0.1, 0.15) is 16.7 Å². The van der Waals surface area contributed by atoms with E-state index in [9.17, 15) is 4.79 Å². The maximum absolute atomic E-state index is 11.9. The molecule has 0 N–H and O–H groups in total. The van der Waals surface area contributed by atoms with E-state index in [1.807, 2.05) is 61.5 Å². The maximum Gasteiger partial charge on any atom is 0.363 e. The van der Waals surface area contributed by atoms with Crippen molar-refractivity contribution in [3.8, 4) is 5.75 Å². The molecule has 4 heteroatoms. The molecule has 0 spiro atoms. The van der Waals surface area contributed by atoms with E-state index in [1.165, 1.54) is 5.56 Å². The molecule has 0 aromatic heterocycles. The van der Waals surface area contributed by atoms with Crippen LogP contribution < -0.4 is 4.74 Å². The van der Waals surface area contributed by atoms with Crippen LogP contribution in [0.15, 0.2) is 65.3 Å². The zero-order valence-electron chi connectivity index (χ0n) is 13.5. The predicted octanol–water partition coefficient (Wildman–Crippen LogP) is 4.01. The molecule has 24 heavy (non-hydrogen) atoms. The first-order chi connectivity index (χ1) is 11.6. The number of esters is 1. The van der Waals surface area contributed by atoms with Gasteiger partial charge in [0.2, 0.25) is 5.90 Å². The van der Waals surface area contributed by atoms with Crippen molar-refractivity contribution in [2.75, 3.05) is 7.11 Å². The molecule has 2 aromatic carbocycles. The SMILES string of the molecule is COc1ccc(/C=C2N=C(/C=C/c3ccc(C)cc3)OC/2=O)cc1. The third kappa shape index (κ3) is 3.79. The van der Waals surface area contributed by atoms with E-state index in [0.717, 1.165) is 16.9 Å². The van der Waals surface area contributed by atoms with Gasteiger partial charge in [0.25, 0.3) is 0 Å². The summed E-state index contributed by atoms with van der Waals surface area (Å²) < 4.78 is 10.3. The van der Waals surface area contributed by atoms with Gasteiger partial charge in [-0.1, -0.05) is 42.0 Å². The first-order valence-corrected chi connectivity index (χ1v) is 7.55. The summed E-state index contributed by atoms with van der Waals surface area (Å²) in [6.07, 6.45) is 5.24. The van der Waals surface area contributed by atoms with Gasteiger partial charge in [0.15, 0.2) is 5.70 Å². The van der Waals surface area contributed by atoms with Crippen molar-refractivity contribution in [3.63, 3.8) is 0 Å². The number of benzene rings is 2. The number of hydrogen-bond donors (Lipinski definition) is 0. The second-order valence-corrected chi connectivity index (χ2v) is 5.39. The molecular weight excluding hydrogens is 302 g/mol. The van der Waals surface area contributed by atoms with E-state index in [0.29, 0.717) is 5.90 Å². The fourth-order valence-corrected chi connectivity index (χ4v) is 2.20. The molecule has 0 saturated heterocycles. The number of methoxy groups -OCH3 is 1. The Morgan fingerprint density at radius 1 is 0.958 bits per heavy atom. The van der Waals surface area contributed by atoms with Crippen molar-refractivity contribution < 1.29 is 14.3 Å². The Morgan fingerprint density at radius 3 is 2.29 bits per heavy atom. The molecule has 0 saturated carbocycles. The van der Waals surface area contributed by atoms with Gasteiger partial charge in [-0.3, -0.25) is 0 Å². The van der Waals surface area contributed by atoms with Crippen LogP contribution in [-0.2, 0) is 9.53 Å². The number of carbonyl (C=O) groups excluding carboxylic acids is 1. The second-order valence-electron chi connectivity index (χ2n) is 5.39. The number of nitrogens with zero attached hydrogens (tertiary/aromatic N) is 1. The van der Waals surface area contributed by atoms with E-state index >= 15 is 0 Å². The van der Waals surface area contributed by atoms with Gasteiger partial charge in [-0.25, -0.2) is 9.79 Å². The summed E-state index contributed by atoms with van der Waals surface area (Å²) in [7, 11) is 1.61. The lowest BCUT2D eigenvalue weighted by atomic mass is 10.1. The normalized spacial score (nSPS) is 15.7. The third-order valence-corrected chi connectivity index (χ3v) is 3.55. The maximum atomic E-state index is 11.9. The van der Waals surface area contributed by atoms with Crippen molar-refractivity contribution >= 4 is 24.0 Å². The Morgan fingerprint density at radius 2 is 1.62 bits per heavy atom. The number of cyclic esters (lactones) is 1. The molecular formula is C20H17NO3. The largest absolute Gasteiger partial charge is 0.497 e. The van der Waals surface area contributed by atoms with Gasteiger partial charge in [-0.05, 0) is 42.3 Å². The Hall–Kier alpha value is -3.14. The molecule has 0 aliphatic carbocycles. The van der Waals surface area contributed by atoms with Gasteiger partial charge in [-0.2, -0.15) is 0 Å². The Kier molecular flexibility index (Phi) is 4.57. The van der Waals surface area contributed by atoms with Crippen molar-refractivity contribution in [3.05, 3.63) is 77.0 Å². The van der Waals surface area contributed by atoms with Gasteiger partial charge < -0.3 is 9.47 Å². The minimum Gasteiger partial charge on any atom is -0.497 e. The number of ether oxygens (including phenoxy) is 2. The van der Waals surface area contributed by atoms with Gasteiger partial charge in [0, 0.05) is 6.08 Å². The van der Waals surface area contributed by atoms with Crippen LogP contribution in [0.4, 0.5) is 0 Å². The quantitative estimate of drug-likeness (QED) is 0.632. The topological polar surface area (TPSA) is 47.9 Å². The number of aryl methyl sites for hydroxylation is 1. The Labute approximate surface area is 140 Å². The van der Waals surface area contributed by atoms with Crippen LogP contribution in [0.5, 0.6) is 5.75 Å². The highest BCUT2D eigenvalue weighted by atomic mass is 16.6. The van der Waals surface area contributed by atoms with Crippen molar-refractivity contribution in [1.29, 1.82) is 0 Å². The summed E-state index contributed by atoms with van der Waals surface area (Å²) in [5.41, 5.74) is 3.35. The molecule has 3 rings (SSSR count). The molecule has 4 nitrogen and oxygen atoms in total. The van der Waals surface area contributed by atoms with Gasteiger partial charge in [-0.15, -0.1) is 0 Å². The fourth-order valence-electron chi connectivity index (χ4n) is 2.20. The van der Waals surface area contributed by atoms with Crippen LogP contribution in [0.2, 0.25) is 0 Å². The predicted molar refractivity (Wildman–Crippen MR) is 94.7 cm³/mol. The fraction of sp³-hybridized carbons (Fsp3) is 0.100. The monoisotopic (exact) mass is 319 g/mol. The Bertz CT molecular complexity index is 828. The van der Waals surface area contributed by atoms with Crippen molar-refractivity contribution in [2.24, 2.45) is 4.99 Å². The lowest BCUT2D eigenvalue weighted by Gasteiger charge is -1.99. The molecule has 0 fully saturated rings. The van der Waals surface area contributed by atoms with E-state index < -0.39 is 5.97 Å². The zero-order chi connectivity index (χ0) is 16.9. The molecule has 1 aliphatic rings. The summed E-state index contributed by atoms with van der Waals surface area (Å²) in [5, 5.41) is 0. The summed E-state index contributed by atoms with van der Waals surface area (Å²) >= 11 is 0. The molecule has 1 aliphatic heterocycles. The summed E-state index contributed by atoms with van der Waals surface area (Å²) in [5.74, 6) is 0.603. The highest BCUT2D eigenvalue weighted by molar-refractivity contribution is 6.11. The number of rotatable bonds is 4. The van der Waals surface area contributed by atoms with Crippen LogP contribution in [-0.4, -0.2) is 19.0 Å². The molecule has 0 radical (unpaired) electrons. The summed E-state index contributed by atoms with van der Waals surface area (Å²) in [6, 6.07) is 15.4. The van der Waals surface area contributed by atoms with Gasteiger partial charge in [0.1, 0.15) is 5.75 Å². The zero-order valence-corrected chi connectivity index (χ0v) is 13.5. The molecule has 0 amide bonds. The van der Waals surface area contributed by atoms with E-state index in [-0.39, 0.29) is 5.70 Å². The van der Waals surface area contributed by atoms with Crippen molar-refractivity contribution in [1.82, 2.24) is 0 Å². The molecule has 0 unspecified atom stereocenters. The summed E-state index contributed by atoms with van der Waals surface area (Å²) in [6.45, 7) is 2.03. The number of carbonyl (C=O) groups is 1. The first-order valence-electron chi connectivity index (χ1n) is 7.55. The molecule has 0 atom stereocenters. The second kappa shape index (κ2) is 6.96. The highest BCUT2D eigenvalue weighted by Crippen LogP contribution is 2.18. The highest BCUT2D eigenvalue weighted by Gasteiger charge is 2.20. The minimum absolute atomic E-state index is 0.281. The van der Waals surface area contributed by atoms with Gasteiger partial charge >= 0.3 is 5.97 Å². The molecule has 2 aromatic rings. The lowest BCUT2D eigenvalue weighted by molar-refractivity contribution is -0.129. The molecule has 1 heterocycles. The summed E-state index contributed by atoms with van der Waals surface area (Å²) in [4.78, 5) is 16.1. The Balaban J connectivity index is 1.76. The van der Waals surface area contributed by atoms with Crippen LogP contribution in [0, 0.1) is 6.92 Å². The van der Waals surface area contributed by atoms with E-state index in [2.05, 4.69) is 4.99 Å². The number of aliphatic imine (C=N–C) groups is 1. The average molecular weight is 319 g/mol. The van der Waals surface area contributed by atoms with Crippen LogP contribution in [0.25, 0.3) is 12.2 Å². The first kappa shape index (κ1) is 15.7. The molecule has 120 valence electrons. The van der Waals surface area contributed by atoms with Gasteiger partial charge in [0.05, 0.1) is 7.11 Å². The standard InChI is InChI=1S/C20H17NO3/c1-14-3-5-15(6-4-14)9-12-19-21-18(20(22)24-19)13-16-7-10-17(23-2)11-8-16/h3-13H,1-2H3/b12-9+,18-13+. The van der Waals surface area contributed by atoms with E-state index in [4.69, 9.17) is 9.47 Å². The third-order valence-electron chi connectivity index (χ3n) is 3.55. The van der Waals surface area contributed by atoms with E-state index in [1.54, 1.807) is 19.3 Å². The minimum atomic E-state index is -0.450. The van der Waals surface area contributed by atoms with Crippen LogP contribution in [0.3, 0.4) is 0 Å². The number of hydrogen-bond acceptors (Lipinski definition) is 4. The lowest BCUT2D eigenvalue weighted by Crippen LogP contribution is -2.01. The van der Waals surface area contributed by atoms with Crippen LogP contribution >= 0.6 is 0 Å². The molecule has 0 bridgehead atoms. The smallest absolute Gasteiger partial charge is 0.363 e.